The zero-order valence-corrected chi connectivity index (χ0v) is 19.2. The number of aromatic nitrogens is 3. The lowest BCUT2D eigenvalue weighted by Crippen LogP contribution is -2.18. The third-order valence-electron chi connectivity index (χ3n) is 5.08. The molecule has 0 spiro atoms. The van der Waals surface area contributed by atoms with Crippen molar-refractivity contribution in [2.24, 2.45) is 0 Å². The molecule has 1 N–H and O–H groups in total. The topological polar surface area (TPSA) is 112 Å². The van der Waals surface area contributed by atoms with Crippen molar-refractivity contribution in [3.05, 3.63) is 50.7 Å². The Kier molecular flexibility index (Phi) is 7.18. The number of nitro benzene ring substituents is 1. The van der Waals surface area contributed by atoms with Gasteiger partial charge in [0, 0.05) is 40.2 Å². The quantitative estimate of drug-likeness (QED) is 0.279. The summed E-state index contributed by atoms with van der Waals surface area (Å²) >= 11 is 3.01. The Balaban J connectivity index is 1.45. The Labute approximate surface area is 193 Å². The molecule has 9 nitrogen and oxygen atoms in total. The van der Waals surface area contributed by atoms with Gasteiger partial charge in [-0.3, -0.25) is 19.5 Å². The van der Waals surface area contributed by atoms with Gasteiger partial charge in [0.05, 0.1) is 23.3 Å². The Morgan fingerprint density at radius 2 is 2.19 bits per heavy atom. The monoisotopic (exact) mass is 473 g/mol. The summed E-state index contributed by atoms with van der Waals surface area (Å²) in [7, 11) is 0. The highest BCUT2D eigenvalue weighted by Crippen LogP contribution is 2.29. The van der Waals surface area contributed by atoms with Crippen molar-refractivity contribution in [3.63, 3.8) is 0 Å². The number of aryl methyl sites for hydroxylation is 1. The van der Waals surface area contributed by atoms with Crippen molar-refractivity contribution in [1.29, 1.82) is 0 Å². The highest BCUT2D eigenvalue weighted by molar-refractivity contribution is 7.99. The number of nitrogens with zero attached hydrogens (tertiary/aromatic N) is 4. The molecule has 11 heteroatoms. The summed E-state index contributed by atoms with van der Waals surface area (Å²) in [6.45, 7) is 3.53. The van der Waals surface area contributed by atoms with E-state index in [1.54, 1.807) is 11.3 Å². The van der Waals surface area contributed by atoms with Gasteiger partial charge in [0.15, 0.2) is 11.0 Å². The Bertz CT molecular complexity index is 1090. The first-order chi connectivity index (χ1) is 15.5. The molecule has 1 amide bonds. The molecular formula is C21H23N5O4S2. The number of carbonyl (C=O) groups is 1. The number of carbonyl (C=O) groups excluding carboxylic acids is 1. The molecule has 3 heterocycles. The third-order valence-corrected chi connectivity index (χ3v) is 7.13. The minimum atomic E-state index is -0.475. The van der Waals surface area contributed by atoms with Gasteiger partial charge in [-0.1, -0.05) is 18.7 Å². The zero-order valence-electron chi connectivity index (χ0n) is 17.5. The molecule has 2 aromatic heterocycles. The molecule has 1 aliphatic heterocycles. The van der Waals surface area contributed by atoms with Crippen LogP contribution in [0.2, 0.25) is 0 Å². The molecule has 32 heavy (non-hydrogen) atoms. The zero-order chi connectivity index (χ0) is 22.5. The third kappa shape index (κ3) is 5.34. The lowest BCUT2D eigenvalue weighted by atomic mass is 10.2. The largest absolute Gasteiger partial charge is 0.376 e. The van der Waals surface area contributed by atoms with Gasteiger partial charge in [-0.2, -0.15) is 0 Å². The van der Waals surface area contributed by atoms with Gasteiger partial charge >= 0.3 is 0 Å². The number of nitrogens with one attached hydrogen (secondary N) is 1. The predicted molar refractivity (Wildman–Crippen MR) is 124 cm³/mol. The molecular weight excluding hydrogens is 450 g/mol. The number of anilines is 1. The number of thiophene rings is 1. The van der Waals surface area contributed by atoms with Crippen LogP contribution in [0.1, 0.15) is 24.6 Å². The predicted octanol–water partition coefficient (Wildman–Crippen LogP) is 4.39. The van der Waals surface area contributed by atoms with Crippen molar-refractivity contribution in [3.8, 4) is 11.4 Å². The highest BCUT2D eigenvalue weighted by atomic mass is 32.2. The van der Waals surface area contributed by atoms with Gasteiger partial charge in [0.1, 0.15) is 0 Å². The van der Waals surface area contributed by atoms with Crippen molar-refractivity contribution in [2.75, 3.05) is 17.7 Å². The standard InChI is InChI=1S/C21H23N5O4S2/c1-2-18-10-14(12-31-18)20-23-24-21(25(20)11-17-4-3-9-30-17)32-13-19(27)22-15-5-7-16(8-6-15)26(28)29/h5-8,10,12,17H,2-4,9,11,13H2,1H3,(H,22,27). The molecule has 1 aromatic carbocycles. The van der Waals surface area contributed by atoms with Gasteiger partial charge in [-0.05, 0) is 37.5 Å². The number of thioether (sulfide) groups is 1. The van der Waals surface area contributed by atoms with Gasteiger partial charge in [-0.15, -0.1) is 21.5 Å². The van der Waals surface area contributed by atoms with E-state index in [1.807, 2.05) is 4.57 Å². The number of rotatable bonds is 9. The van der Waals surface area contributed by atoms with Crippen molar-refractivity contribution >= 4 is 40.4 Å². The number of benzene rings is 1. The fourth-order valence-electron chi connectivity index (χ4n) is 3.44. The van der Waals surface area contributed by atoms with Gasteiger partial charge in [0.2, 0.25) is 5.91 Å². The van der Waals surface area contributed by atoms with E-state index in [2.05, 4.69) is 33.9 Å². The van der Waals surface area contributed by atoms with Crippen LogP contribution in [0.4, 0.5) is 11.4 Å². The molecule has 168 valence electrons. The maximum Gasteiger partial charge on any atom is 0.269 e. The molecule has 1 unspecified atom stereocenters. The van der Waals surface area contributed by atoms with Crippen molar-refractivity contribution in [1.82, 2.24) is 14.8 Å². The van der Waals surface area contributed by atoms with Crippen LogP contribution in [-0.2, 0) is 22.5 Å². The SMILES string of the molecule is CCc1cc(-c2nnc(SCC(=O)Nc3ccc([N+](=O)[O-])cc3)n2CC2CCCO2)cs1. The summed E-state index contributed by atoms with van der Waals surface area (Å²) in [4.78, 5) is 24.0. The number of ether oxygens (including phenoxy) is 1. The highest BCUT2D eigenvalue weighted by Gasteiger charge is 2.23. The summed E-state index contributed by atoms with van der Waals surface area (Å²) in [6, 6.07) is 7.88. The van der Waals surface area contributed by atoms with E-state index in [9.17, 15) is 14.9 Å². The van der Waals surface area contributed by atoms with Crippen LogP contribution in [0, 0.1) is 10.1 Å². The minimum Gasteiger partial charge on any atom is -0.376 e. The first-order valence-corrected chi connectivity index (χ1v) is 12.2. The number of amides is 1. The van der Waals surface area contributed by atoms with Crippen molar-refractivity contribution in [2.45, 2.75) is 44.0 Å². The van der Waals surface area contributed by atoms with Gasteiger partial charge in [-0.25, -0.2) is 0 Å². The fraction of sp³-hybridized carbons (Fsp3) is 0.381. The van der Waals surface area contributed by atoms with Crippen LogP contribution in [0.25, 0.3) is 11.4 Å². The molecule has 1 aliphatic rings. The maximum absolute atomic E-state index is 12.4. The molecule has 1 fully saturated rings. The Morgan fingerprint density at radius 3 is 2.84 bits per heavy atom. The fourth-order valence-corrected chi connectivity index (χ4v) is 5.00. The lowest BCUT2D eigenvalue weighted by molar-refractivity contribution is -0.384. The molecule has 0 radical (unpaired) electrons. The van der Waals surface area contributed by atoms with Crippen LogP contribution < -0.4 is 5.32 Å². The Morgan fingerprint density at radius 1 is 1.38 bits per heavy atom. The summed E-state index contributed by atoms with van der Waals surface area (Å²) in [6.07, 6.45) is 3.12. The van der Waals surface area contributed by atoms with E-state index in [4.69, 9.17) is 4.74 Å². The van der Waals surface area contributed by atoms with Gasteiger partial charge < -0.3 is 10.1 Å². The first-order valence-electron chi connectivity index (χ1n) is 10.3. The molecule has 3 aromatic rings. The first kappa shape index (κ1) is 22.4. The van der Waals surface area contributed by atoms with Crippen LogP contribution in [-0.4, -0.2) is 44.1 Å². The van der Waals surface area contributed by atoms with Crippen molar-refractivity contribution < 1.29 is 14.5 Å². The van der Waals surface area contributed by atoms with E-state index >= 15 is 0 Å². The number of hydrogen-bond acceptors (Lipinski definition) is 8. The second kappa shape index (κ2) is 10.2. The van der Waals surface area contributed by atoms with E-state index in [0.29, 0.717) is 17.4 Å². The summed E-state index contributed by atoms with van der Waals surface area (Å²) in [5, 5.41) is 25.0. The van der Waals surface area contributed by atoms with Crippen LogP contribution >= 0.6 is 23.1 Å². The molecule has 1 atom stereocenters. The van der Waals surface area contributed by atoms with Crippen LogP contribution in [0.3, 0.4) is 0 Å². The minimum absolute atomic E-state index is 0.0215. The smallest absolute Gasteiger partial charge is 0.269 e. The van der Waals surface area contributed by atoms with E-state index in [-0.39, 0.29) is 23.5 Å². The maximum atomic E-state index is 12.4. The van der Waals surface area contributed by atoms with E-state index in [1.165, 1.54) is 40.9 Å². The number of non-ortho nitro benzene ring substituents is 1. The molecule has 1 saturated heterocycles. The molecule has 4 rings (SSSR count). The molecule has 0 bridgehead atoms. The van der Waals surface area contributed by atoms with Crippen LogP contribution in [0.15, 0.2) is 40.9 Å². The lowest BCUT2D eigenvalue weighted by Gasteiger charge is -2.14. The van der Waals surface area contributed by atoms with E-state index in [0.717, 1.165) is 37.3 Å². The number of nitro groups is 1. The second-order valence-electron chi connectivity index (χ2n) is 7.35. The molecule has 0 saturated carbocycles. The normalized spacial score (nSPS) is 15.7. The average Bonchev–Trinajstić information content (AvgIpc) is 3.54. The Hall–Kier alpha value is -2.76. The van der Waals surface area contributed by atoms with Crippen LogP contribution in [0.5, 0.6) is 0 Å². The average molecular weight is 474 g/mol. The summed E-state index contributed by atoms with van der Waals surface area (Å²) in [5.41, 5.74) is 1.51. The second-order valence-corrected chi connectivity index (χ2v) is 9.29. The summed E-state index contributed by atoms with van der Waals surface area (Å²) in [5.74, 6) is 0.709. The number of hydrogen-bond donors (Lipinski definition) is 1. The van der Waals surface area contributed by atoms with E-state index < -0.39 is 4.92 Å². The summed E-state index contributed by atoms with van der Waals surface area (Å²) < 4.78 is 7.86. The van der Waals surface area contributed by atoms with Gasteiger partial charge in [0.25, 0.3) is 5.69 Å². The molecule has 0 aliphatic carbocycles.